The molecule has 1 heterocycles. The van der Waals surface area contributed by atoms with Gasteiger partial charge in [-0.15, -0.1) is 0 Å². The molecule has 1 aromatic rings. The summed E-state index contributed by atoms with van der Waals surface area (Å²) in [5, 5.41) is 2.53. The van der Waals surface area contributed by atoms with E-state index in [1.54, 1.807) is 12.1 Å². The van der Waals surface area contributed by atoms with Crippen molar-refractivity contribution < 1.29 is 23.5 Å². The first-order valence-corrected chi connectivity index (χ1v) is 11.7. The van der Waals surface area contributed by atoms with Crippen LogP contribution in [0.5, 0.6) is 5.75 Å². The number of nitrogens with zero attached hydrogens (tertiary/aromatic N) is 2. The Kier molecular flexibility index (Phi) is 8.88. The van der Waals surface area contributed by atoms with E-state index < -0.39 is 0 Å². The third-order valence-electron chi connectivity index (χ3n) is 6.20. The molecule has 176 valence electrons. The number of carbonyl (C=O) groups is 3. The van der Waals surface area contributed by atoms with Crippen molar-refractivity contribution in [2.24, 2.45) is 5.92 Å². The normalized spacial score (nSPS) is 17.8. The van der Waals surface area contributed by atoms with Gasteiger partial charge in [-0.1, -0.05) is 12.5 Å². The highest BCUT2D eigenvalue weighted by molar-refractivity contribution is 5.77. The highest BCUT2D eigenvalue weighted by atomic mass is 19.1. The van der Waals surface area contributed by atoms with Crippen LogP contribution in [0.2, 0.25) is 0 Å². The Balaban J connectivity index is 1.47. The number of rotatable bonds is 12. The summed E-state index contributed by atoms with van der Waals surface area (Å²) in [6.45, 7) is 1.82. The van der Waals surface area contributed by atoms with Crippen molar-refractivity contribution in [3.05, 3.63) is 29.6 Å². The first-order valence-electron chi connectivity index (χ1n) is 11.7. The molecule has 2 aliphatic rings. The number of benzene rings is 1. The van der Waals surface area contributed by atoms with E-state index in [4.69, 9.17) is 4.74 Å². The molecule has 0 spiro atoms. The summed E-state index contributed by atoms with van der Waals surface area (Å²) in [4.78, 5) is 38.6. The monoisotopic (exact) mass is 447 g/mol. The van der Waals surface area contributed by atoms with Crippen LogP contribution in [0.4, 0.5) is 9.18 Å². The smallest absolute Gasteiger partial charge is 0.317 e. The Morgan fingerprint density at radius 1 is 1.25 bits per heavy atom. The zero-order valence-electron chi connectivity index (χ0n) is 18.9. The Labute approximate surface area is 189 Å². The standard InChI is InChI=1S/C24H34FN3O4/c1-26-24(31)27(14-15-29)12-4-2-3-7-23(30)28-13-5-6-21(28)19-10-11-20(25)22(16-19)32-17-18-8-9-18/h10-11,15-16,18,21H,2-9,12-14,17H2,1H3,(H,26,31). The van der Waals surface area contributed by atoms with Crippen molar-refractivity contribution in [2.45, 2.75) is 57.4 Å². The van der Waals surface area contributed by atoms with E-state index in [1.165, 1.54) is 18.0 Å². The quantitative estimate of drug-likeness (QED) is 0.392. The van der Waals surface area contributed by atoms with Crippen LogP contribution in [0.3, 0.4) is 0 Å². The van der Waals surface area contributed by atoms with Gasteiger partial charge in [-0.2, -0.15) is 0 Å². The van der Waals surface area contributed by atoms with Crippen LogP contribution >= 0.6 is 0 Å². The summed E-state index contributed by atoms with van der Waals surface area (Å²) in [5.74, 6) is 0.577. The van der Waals surface area contributed by atoms with Gasteiger partial charge in [-0.05, 0) is 62.1 Å². The second kappa shape index (κ2) is 11.8. The molecule has 8 heteroatoms. The van der Waals surface area contributed by atoms with Crippen molar-refractivity contribution in [2.75, 3.05) is 33.3 Å². The second-order valence-electron chi connectivity index (χ2n) is 8.67. The number of amides is 3. The van der Waals surface area contributed by atoms with Crippen molar-refractivity contribution in [3.8, 4) is 5.75 Å². The number of halogens is 1. The van der Waals surface area contributed by atoms with E-state index in [0.29, 0.717) is 38.3 Å². The molecule has 1 saturated carbocycles. The summed E-state index contributed by atoms with van der Waals surface area (Å²) in [5.41, 5.74) is 0.929. The highest BCUT2D eigenvalue weighted by Gasteiger charge is 2.30. The van der Waals surface area contributed by atoms with E-state index in [-0.39, 0.29) is 36.1 Å². The Morgan fingerprint density at radius 2 is 2.06 bits per heavy atom. The number of unbranched alkanes of at least 4 members (excludes halogenated alkanes) is 2. The zero-order chi connectivity index (χ0) is 22.9. The van der Waals surface area contributed by atoms with Crippen LogP contribution in [-0.4, -0.2) is 61.3 Å². The second-order valence-corrected chi connectivity index (χ2v) is 8.67. The van der Waals surface area contributed by atoms with E-state index in [9.17, 15) is 18.8 Å². The van der Waals surface area contributed by atoms with Gasteiger partial charge < -0.3 is 24.6 Å². The summed E-state index contributed by atoms with van der Waals surface area (Å²) < 4.78 is 19.8. The van der Waals surface area contributed by atoms with Gasteiger partial charge in [0.25, 0.3) is 0 Å². The largest absolute Gasteiger partial charge is 0.490 e. The van der Waals surface area contributed by atoms with Gasteiger partial charge in [0.1, 0.15) is 6.29 Å². The topological polar surface area (TPSA) is 79.0 Å². The number of aldehydes is 1. The van der Waals surface area contributed by atoms with E-state index in [1.807, 2.05) is 4.90 Å². The number of urea groups is 1. The Bertz CT molecular complexity index is 799. The Morgan fingerprint density at radius 3 is 2.78 bits per heavy atom. The maximum absolute atomic E-state index is 14.1. The van der Waals surface area contributed by atoms with Crippen LogP contribution in [0.25, 0.3) is 0 Å². The molecule has 0 bridgehead atoms. The average molecular weight is 448 g/mol. The van der Waals surface area contributed by atoms with Crippen LogP contribution in [-0.2, 0) is 9.59 Å². The molecule has 1 aliphatic heterocycles. The molecule has 3 amide bonds. The molecule has 3 rings (SSSR count). The molecule has 2 fully saturated rings. The third kappa shape index (κ3) is 6.68. The molecular formula is C24H34FN3O4. The molecule has 0 aromatic heterocycles. The van der Waals surface area contributed by atoms with Crippen LogP contribution in [0.1, 0.15) is 63.0 Å². The van der Waals surface area contributed by atoms with Crippen molar-refractivity contribution in [3.63, 3.8) is 0 Å². The molecule has 32 heavy (non-hydrogen) atoms. The molecule has 0 radical (unpaired) electrons. The summed E-state index contributed by atoms with van der Waals surface area (Å²) in [6.07, 6.45) is 7.50. The van der Waals surface area contributed by atoms with Crippen LogP contribution in [0, 0.1) is 11.7 Å². The first-order chi connectivity index (χ1) is 15.5. The van der Waals surface area contributed by atoms with Crippen molar-refractivity contribution in [1.29, 1.82) is 0 Å². The van der Waals surface area contributed by atoms with Gasteiger partial charge in [0, 0.05) is 26.6 Å². The van der Waals surface area contributed by atoms with Crippen LogP contribution < -0.4 is 10.1 Å². The Hall–Kier alpha value is -2.64. The molecule has 1 aliphatic carbocycles. The number of hydrogen-bond acceptors (Lipinski definition) is 4. The van der Waals surface area contributed by atoms with Gasteiger partial charge in [0.2, 0.25) is 5.91 Å². The molecule has 7 nitrogen and oxygen atoms in total. The van der Waals surface area contributed by atoms with Gasteiger partial charge in [-0.3, -0.25) is 4.79 Å². The van der Waals surface area contributed by atoms with Crippen molar-refractivity contribution >= 4 is 18.2 Å². The number of carbonyl (C=O) groups excluding carboxylic acids is 3. The summed E-state index contributed by atoms with van der Waals surface area (Å²) in [6, 6.07) is 4.65. The lowest BCUT2D eigenvalue weighted by atomic mass is 10.0. The van der Waals surface area contributed by atoms with E-state index in [0.717, 1.165) is 50.5 Å². The SMILES string of the molecule is CNC(=O)N(CC=O)CCCCCC(=O)N1CCCC1c1ccc(F)c(OCC2CC2)c1. The first kappa shape index (κ1) is 24.0. The number of ether oxygens (including phenoxy) is 1. The predicted molar refractivity (Wildman–Crippen MR) is 119 cm³/mol. The molecule has 1 aromatic carbocycles. The molecule has 1 N–H and O–H groups in total. The fourth-order valence-electron chi connectivity index (χ4n) is 4.16. The predicted octanol–water partition coefficient (Wildman–Crippen LogP) is 3.68. The summed E-state index contributed by atoms with van der Waals surface area (Å²) >= 11 is 0. The lowest BCUT2D eigenvalue weighted by Crippen LogP contribution is -2.39. The van der Waals surface area contributed by atoms with Crippen LogP contribution in [0.15, 0.2) is 18.2 Å². The minimum absolute atomic E-state index is 0.0392. The van der Waals surface area contributed by atoms with Gasteiger partial charge in [0.05, 0.1) is 19.2 Å². The van der Waals surface area contributed by atoms with Gasteiger partial charge >= 0.3 is 6.03 Å². The maximum atomic E-state index is 14.1. The maximum Gasteiger partial charge on any atom is 0.317 e. The number of likely N-dealkylation sites (tertiary alicyclic amines) is 1. The number of hydrogen-bond donors (Lipinski definition) is 1. The zero-order valence-corrected chi connectivity index (χ0v) is 18.9. The fourth-order valence-corrected chi connectivity index (χ4v) is 4.16. The molecule has 1 saturated heterocycles. The molecule has 1 unspecified atom stereocenters. The highest BCUT2D eigenvalue weighted by Crippen LogP contribution is 2.36. The number of nitrogens with one attached hydrogen (secondary N) is 1. The molecule has 1 atom stereocenters. The van der Waals surface area contributed by atoms with Gasteiger partial charge in [-0.25, -0.2) is 9.18 Å². The lowest BCUT2D eigenvalue weighted by Gasteiger charge is -2.26. The minimum Gasteiger partial charge on any atom is -0.490 e. The third-order valence-corrected chi connectivity index (χ3v) is 6.20. The average Bonchev–Trinajstić information content (AvgIpc) is 3.50. The fraction of sp³-hybridized carbons (Fsp3) is 0.625. The van der Waals surface area contributed by atoms with E-state index >= 15 is 0 Å². The lowest BCUT2D eigenvalue weighted by molar-refractivity contribution is -0.132. The van der Waals surface area contributed by atoms with Crippen molar-refractivity contribution in [1.82, 2.24) is 15.1 Å². The summed E-state index contributed by atoms with van der Waals surface area (Å²) in [7, 11) is 1.54. The molecular weight excluding hydrogens is 413 g/mol. The minimum atomic E-state index is -0.356. The van der Waals surface area contributed by atoms with E-state index in [2.05, 4.69) is 5.32 Å². The van der Waals surface area contributed by atoms with Gasteiger partial charge in [0.15, 0.2) is 11.6 Å².